The van der Waals surface area contributed by atoms with E-state index in [-0.39, 0.29) is 23.5 Å². The topological polar surface area (TPSA) is 86.4 Å². The number of halogens is 1. The molecule has 2 aromatic carbocycles. The SMILES string of the molecule is CCc1nccn1CC(c1cccc(Cl)c1)(C1CCN(CC2CN(c3ccc(C#N)cc3)C2)CC1)[C@H]1CCC[C@@H]1OC(=O)NC. The van der Waals surface area contributed by atoms with Crippen LogP contribution < -0.4 is 10.2 Å². The lowest BCUT2D eigenvalue weighted by molar-refractivity contribution is 0.00173. The van der Waals surface area contributed by atoms with Crippen molar-refractivity contribution in [2.24, 2.45) is 17.8 Å². The van der Waals surface area contributed by atoms with Crippen molar-refractivity contribution in [2.45, 2.75) is 63.5 Å². The third-order valence-electron chi connectivity index (χ3n) is 10.6. The third-order valence-corrected chi connectivity index (χ3v) is 10.9. The van der Waals surface area contributed by atoms with Crippen LogP contribution in [0.5, 0.6) is 0 Å². The summed E-state index contributed by atoms with van der Waals surface area (Å²) in [7, 11) is 1.64. The van der Waals surface area contributed by atoms with Gasteiger partial charge in [0.05, 0.1) is 11.6 Å². The van der Waals surface area contributed by atoms with E-state index in [1.807, 2.05) is 24.4 Å². The van der Waals surface area contributed by atoms with Crippen molar-refractivity contribution < 1.29 is 9.53 Å². The second-order valence-electron chi connectivity index (χ2n) is 13.1. The number of nitrogens with zero attached hydrogens (tertiary/aromatic N) is 5. The van der Waals surface area contributed by atoms with Crippen LogP contribution in [0.3, 0.4) is 0 Å². The van der Waals surface area contributed by atoms with E-state index in [1.54, 1.807) is 7.05 Å². The summed E-state index contributed by atoms with van der Waals surface area (Å²) in [6.45, 7) is 8.28. The molecule has 3 aliphatic rings. The van der Waals surface area contributed by atoms with Gasteiger partial charge in [0.15, 0.2) is 0 Å². The zero-order valence-corrected chi connectivity index (χ0v) is 27.3. The minimum atomic E-state index is -0.353. The molecule has 1 amide bonds. The Morgan fingerprint density at radius 2 is 1.91 bits per heavy atom. The number of hydrogen-bond donors (Lipinski definition) is 1. The van der Waals surface area contributed by atoms with Gasteiger partial charge in [-0.25, -0.2) is 9.78 Å². The van der Waals surface area contributed by atoms with E-state index >= 15 is 0 Å². The molecule has 0 radical (unpaired) electrons. The number of aromatic nitrogens is 2. The van der Waals surface area contributed by atoms with Gasteiger partial charge in [0.1, 0.15) is 11.9 Å². The van der Waals surface area contributed by atoms with Crippen LogP contribution in [0.2, 0.25) is 5.02 Å². The molecular weight excluding hydrogens is 584 g/mol. The number of carbonyl (C=O) groups is 1. The number of ether oxygens (including phenoxy) is 1. The molecule has 1 aromatic heterocycles. The Balaban J connectivity index is 1.23. The molecule has 3 aromatic rings. The van der Waals surface area contributed by atoms with E-state index in [0.717, 1.165) is 88.6 Å². The fraction of sp³-hybridized carbons (Fsp3) is 0.528. The van der Waals surface area contributed by atoms with E-state index in [0.29, 0.717) is 17.4 Å². The molecule has 3 heterocycles. The van der Waals surface area contributed by atoms with Crippen LogP contribution in [0.15, 0.2) is 60.9 Å². The van der Waals surface area contributed by atoms with Crippen LogP contribution >= 0.6 is 11.6 Å². The van der Waals surface area contributed by atoms with Crippen molar-refractivity contribution in [2.75, 3.05) is 44.7 Å². The van der Waals surface area contributed by atoms with Gasteiger partial charge in [0.25, 0.3) is 0 Å². The molecule has 238 valence electrons. The molecule has 1 unspecified atom stereocenters. The number of piperidine rings is 1. The molecule has 1 N–H and O–H groups in total. The van der Waals surface area contributed by atoms with Crippen LogP contribution in [0.25, 0.3) is 0 Å². The number of nitrogens with one attached hydrogen (secondary N) is 1. The van der Waals surface area contributed by atoms with Crippen molar-refractivity contribution in [3.8, 4) is 6.07 Å². The third kappa shape index (κ3) is 6.57. The number of benzene rings is 2. The Morgan fingerprint density at radius 1 is 1.13 bits per heavy atom. The zero-order valence-electron chi connectivity index (χ0n) is 26.5. The minimum Gasteiger partial charge on any atom is -0.446 e. The van der Waals surface area contributed by atoms with Crippen molar-refractivity contribution >= 4 is 23.4 Å². The number of carbonyl (C=O) groups excluding carboxylic acids is 1. The first kappa shape index (κ1) is 31.4. The molecular formula is C36H45ClN6O2. The van der Waals surface area contributed by atoms with E-state index in [4.69, 9.17) is 26.6 Å². The quantitative estimate of drug-likeness (QED) is 0.284. The molecule has 2 aliphatic heterocycles. The summed E-state index contributed by atoms with van der Waals surface area (Å²) < 4.78 is 8.46. The first-order valence-corrected chi connectivity index (χ1v) is 16.9. The van der Waals surface area contributed by atoms with Gasteiger partial charge in [-0.2, -0.15) is 5.26 Å². The minimum absolute atomic E-state index is 0.154. The van der Waals surface area contributed by atoms with Gasteiger partial charge in [0, 0.05) is 80.0 Å². The number of aryl methyl sites for hydroxylation is 1. The maximum Gasteiger partial charge on any atom is 0.407 e. The van der Waals surface area contributed by atoms with Crippen molar-refractivity contribution in [1.82, 2.24) is 19.8 Å². The highest BCUT2D eigenvalue weighted by molar-refractivity contribution is 6.30. The first-order chi connectivity index (χ1) is 21.9. The van der Waals surface area contributed by atoms with E-state index in [9.17, 15) is 4.79 Å². The van der Waals surface area contributed by atoms with Gasteiger partial charge in [-0.05, 0) is 93.1 Å². The molecule has 45 heavy (non-hydrogen) atoms. The Labute approximate surface area is 272 Å². The van der Waals surface area contributed by atoms with Gasteiger partial charge in [0.2, 0.25) is 0 Å². The summed E-state index contributed by atoms with van der Waals surface area (Å²) in [5, 5.41) is 12.5. The maximum absolute atomic E-state index is 12.6. The van der Waals surface area contributed by atoms with Crippen molar-refractivity contribution in [3.63, 3.8) is 0 Å². The fourth-order valence-corrected chi connectivity index (χ4v) is 8.63. The summed E-state index contributed by atoms with van der Waals surface area (Å²) in [6, 6.07) is 18.6. The monoisotopic (exact) mass is 628 g/mol. The number of rotatable bonds is 10. The predicted octanol–water partition coefficient (Wildman–Crippen LogP) is 6.28. The van der Waals surface area contributed by atoms with E-state index in [1.165, 1.54) is 11.3 Å². The Bertz CT molecular complexity index is 1490. The number of likely N-dealkylation sites (tertiary alicyclic amines) is 1. The summed E-state index contributed by atoms with van der Waals surface area (Å²) in [5.41, 5.74) is 2.89. The van der Waals surface area contributed by atoms with E-state index < -0.39 is 0 Å². The molecule has 3 fully saturated rings. The lowest BCUT2D eigenvalue weighted by Gasteiger charge is -2.51. The summed E-state index contributed by atoms with van der Waals surface area (Å²) >= 11 is 6.71. The van der Waals surface area contributed by atoms with E-state index in [2.05, 4.69) is 69.2 Å². The Kier molecular flexibility index (Phi) is 9.67. The van der Waals surface area contributed by atoms with Crippen LogP contribution in [0.4, 0.5) is 10.5 Å². The predicted molar refractivity (Wildman–Crippen MR) is 177 cm³/mol. The molecule has 0 bridgehead atoms. The summed E-state index contributed by atoms with van der Waals surface area (Å²) in [4.78, 5) is 22.3. The van der Waals surface area contributed by atoms with Crippen LogP contribution in [0, 0.1) is 29.1 Å². The average Bonchev–Trinajstić information content (AvgIpc) is 3.71. The molecule has 2 saturated heterocycles. The largest absolute Gasteiger partial charge is 0.446 e. The lowest BCUT2D eigenvalue weighted by Crippen LogP contribution is -2.55. The highest BCUT2D eigenvalue weighted by Gasteiger charge is 2.53. The summed E-state index contributed by atoms with van der Waals surface area (Å²) in [5.74, 6) is 2.30. The molecule has 3 atom stereocenters. The number of anilines is 1. The van der Waals surface area contributed by atoms with Crippen LogP contribution in [-0.4, -0.2) is 66.4 Å². The standard InChI is InChI=1S/C36H45ClN6O2/c1-3-34-40-16-19-42(34)25-36(29-6-4-7-30(37)20-29,32-8-5-9-33(32)45-35(44)39-2)28-14-17-41(18-15-28)22-27-23-43(24-27)31-12-10-26(21-38)11-13-31/h4,6-7,10-13,16,19-20,27-28,32-33H,3,5,8-9,14-15,17-18,22-25H2,1-2H3,(H,39,44)/t32-,33-,36?/m0/s1. The van der Waals surface area contributed by atoms with Gasteiger partial charge in [-0.15, -0.1) is 0 Å². The zero-order chi connectivity index (χ0) is 31.4. The smallest absolute Gasteiger partial charge is 0.407 e. The van der Waals surface area contributed by atoms with Gasteiger partial charge in [-0.1, -0.05) is 30.7 Å². The molecule has 6 rings (SSSR count). The highest BCUT2D eigenvalue weighted by atomic mass is 35.5. The number of imidazole rings is 1. The van der Waals surface area contributed by atoms with Crippen molar-refractivity contribution in [1.29, 1.82) is 5.26 Å². The number of amides is 1. The molecule has 1 aliphatic carbocycles. The molecule has 1 saturated carbocycles. The maximum atomic E-state index is 12.6. The van der Waals surface area contributed by atoms with Crippen LogP contribution in [-0.2, 0) is 23.1 Å². The normalized spacial score (nSPS) is 22.4. The van der Waals surface area contributed by atoms with Gasteiger partial charge in [-0.3, -0.25) is 0 Å². The molecule has 0 spiro atoms. The first-order valence-electron chi connectivity index (χ1n) is 16.5. The summed E-state index contributed by atoms with van der Waals surface area (Å²) in [6.07, 6.45) is 9.47. The number of hydrogen-bond acceptors (Lipinski definition) is 6. The Hall–Kier alpha value is -3.54. The molecule has 8 nitrogen and oxygen atoms in total. The second-order valence-corrected chi connectivity index (χ2v) is 13.5. The van der Waals surface area contributed by atoms with Crippen molar-refractivity contribution in [3.05, 3.63) is 82.9 Å². The Morgan fingerprint density at radius 3 is 2.60 bits per heavy atom. The second kappa shape index (κ2) is 13.8. The van der Waals surface area contributed by atoms with Gasteiger partial charge >= 0.3 is 6.09 Å². The highest BCUT2D eigenvalue weighted by Crippen LogP contribution is 2.52. The number of nitriles is 1. The lowest BCUT2D eigenvalue weighted by atomic mass is 9.58. The van der Waals surface area contributed by atoms with Crippen LogP contribution in [0.1, 0.15) is 56.0 Å². The van der Waals surface area contributed by atoms with Gasteiger partial charge < -0.3 is 24.4 Å². The average molecular weight is 629 g/mol. The number of alkyl carbamates (subject to hydrolysis) is 1. The molecule has 9 heteroatoms. The fourth-order valence-electron chi connectivity index (χ4n) is 8.44.